The molecule has 0 bridgehead atoms. The average molecular weight is 249 g/mol. The van der Waals surface area contributed by atoms with Gasteiger partial charge in [-0.05, 0) is 19.1 Å². The van der Waals surface area contributed by atoms with Crippen LogP contribution in [0.4, 0.5) is 0 Å². The first kappa shape index (κ1) is 10.5. The Morgan fingerprint density at radius 3 is 2.76 bits per heavy atom. The smallest absolute Gasteiger partial charge is 0.229 e. The highest BCUT2D eigenvalue weighted by Crippen LogP contribution is 2.34. The molecule has 1 aliphatic heterocycles. The Labute approximate surface area is 103 Å². The Morgan fingerprint density at radius 2 is 2.12 bits per heavy atom. The van der Waals surface area contributed by atoms with Gasteiger partial charge in [-0.1, -0.05) is 11.6 Å². The van der Waals surface area contributed by atoms with Crippen molar-refractivity contribution in [1.29, 1.82) is 0 Å². The summed E-state index contributed by atoms with van der Waals surface area (Å²) in [6, 6.07) is 3.47. The van der Waals surface area contributed by atoms with Crippen molar-refractivity contribution in [1.82, 2.24) is 9.88 Å². The summed E-state index contributed by atoms with van der Waals surface area (Å²) in [5.41, 5.74) is 0.798. The highest BCUT2D eigenvalue weighted by atomic mass is 35.5. The fraction of sp³-hybridized carbons (Fsp3) is 0.250. The van der Waals surface area contributed by atoms with Crippen LogP contribution >= 0.6 is 11.6 Å². The van der Waals surface area contributed by atoms with Gasteiger partial charge < -0.3 is 4.90 Å². The van der Waals surface area contributed by atoms with E-state index < -0.39 is 0 Å². The first-order chi connectivity index (χ1) is 8.11. The van der Waals surface area contributed by atoms with E-state index >= 15 is 0 Å². The van der Waals surface area contributed by atoms with Crippen LogP contribution in [0.2, 0.25) is 0 Å². The third-order valence-electron chi connectivity index (χ3n) is 3.04. The van der Waals surface area contributed by atoms with Gasteiger partial charge in [0.25, 0.3) is 0 Å². The number of rotatable bonds is 1. The minimum Gasteiger partial charge on any atom is -0.360 e. The maximum Gasteiger partial charge on any atom is 0.229 e. The molecule has 1 atom stereocenters. The summed E-state index contributed by atoms with van der Waals surface area (Å²) in [5.74, 6) is -0.571. The zero-order valence-electron chi connectivity index (χ0n) is 9.11. The van der Waals surface area contributed by atoms with Crippen LogP contribution < -0.4 is 0 Å². The monoisotopic (exact) mass is 248 g/mol. The van der Waals surface area contributed by atoms with E-state index in [1.807, 2.05) is 11.8 Å². The summed E-state index contributed by atoms with van der Waals surface area (Å²) >= 11 is 6.00. The van der Waals surface area contributed by atoms with Gasteiger partial charge in [-0.25, -0.2) is 0 Å². The summed E-state index contributed by atoms with van der Waals surface area (Å²) < 4.78 is 0. The fourth-order valence-electron chi connectivity index (χ4n) is 2.01. The summed E-state index contributed by atoms with van der Waals surface area (Å²) in [7, 11) is 0. The van der Waals surface area contributed by atoms with Crippen molar-refractivity contribution in [2.45, 2.75) is 13.0 Å². The molecule has 17 heavy (non-hydrogen) atoms. The molecule has 1 aliphatic carbocycles. The molecule has 86 valence electrons. The van der Waals surface area contributed by atoms with Crippen LogP contribution in [0.1, 0.15) is 27.8 Å². The second kappa shape index (κ2) is 3.40. The van der Waals surface area contributed by atoms with Crippen molar-refractivity contribution in [3.05, 3.63) is 40.3 Å². The van der Waals surface area contributed by atoms with E-state index in [1.165, 1.54) is 6.20 Å². The van der Waals surface area contributed by atoms with Crippen molar-refractivity contribution < 1.29 is 9.59 Å². The maximum atomic E-state index is 12.2. The lowest BCUT2D eigenvalue weighted by molar-refractivity contribution is 0.0961. The number of nitrogens with zero attached hydrogens (tertiary/aromatic N) is 2. The molecular formula is C12H9ClN2O2. The van der Waals surface area contributed by atoms with Crippen molar-refractivity contribution >= 4 is 23.2 Å². The minimum atomic E-state index is -0.316. The van der Waals surface area contributed by atoms with Gasteiger partial charge in [-0.3, -0.25) is 14.6 Å². The zero-order chi connectivity index (χ0) is 12.2. The molecule has 0 amide bonds. The first-order valence-electron chi connectivity index (χ1n) is 5.32. The van der Waals surface area contributed by atoms with E-state index in [0.717, 1.165) is 6.54 Å². The molecular weight excluding hydrogens is 240 g/mol. The molecule has 0 saturated carbocycles. The molecule has 0 spiro atoms. The predicted molar refractivity (Wildman–Crippen MR) is 61.9 cm³/mol. The Kier molecular flexibility index (Phi) is 2.10. The number of hydrogen-bond donors (Lipinski definition) is 0. The summed E-state index contributed by atoms with van der Waals surface area (Å²) in [5, 5.41) is 0.0138. The number of carbonyl (C=O) groups excluding carboxylic acids is 2. The number of carbonyl (C=O) groups is 2. The molecule has 2 heterocycles. The van der Waals surface area contributed by atoms with Gasteiger partial charge in [0, 0.05) is 18.8 Å². The van der Waals surface area contributed by atoms with Gasteiger partial charge in [0.2, 0.25) is 11.6 Å². The molecule has 2 aliphatic rings. The van der Waals surface area contributed by atoms with Gasteiger partial charge in [-0.2, -0.15) is 0 Å². The zero-order valence-corrected chi connectivity index (χ0v) is 9.86. The number of Topliss-reactive ketones (excluding diaryl/α,β-unsaturated/α-hetero) is 2. The predicted octanol–water partition coefficient (Wildman–Crippen LogP) is 1.62. The molecule has 4 nitrogen and oxygen atoms in total. The van der Waals surface area contributed by atoms with Crippen LogP contribution in [-0.4, -0.2) is 34.0 Å². The topological polar surface area (TPSA) is 50.0 Å². The molecule has 1 aromatic rings. The van der Waals surface area contributed by atoms with Crippen molar-refractivity contribution in [2.75, 3.05) is 6.54 Å². The van der Waals surface area contributed by atoms with Crippen LogP contribution in [0.5, 0.6) is 0 Å². The molecule has 0 radical (unpaired) electrons. The number of aromatic nitrogens is 1. The fourth-order valence-corrected chi connectivity index (χ4v) is 2.31. The van der Waals surface area contributed by atoms with Gasteiger partial charge >= 0.3 is 0 Å². The van der Waals surface area contributed by atoms with Gasteiger partial charge in [0.1, 0.15) is 16.4 Å². The third kappa shape index (κ3) is 1.41. The Morgan fingerprint density at radius 1 is 1.41 bits per heavy atom. The molecule has 1 saturated heterocycles. The van der Waals surface area contributed by atoms with Crippen molar-refractivity contribution in [2.24, 2.45) is 0 Å². The molecule has 1 aromatic heterocycles. The molecule has 0 N–H and O–H groups in total. The second-order valence-corrected chi connectivity index (χ2v) is 4.60. The standard InChI is InChI=1S/C12H9ClN2O2/c1-6-5-15(6)10-8(13)11(16)7-3-2-4-14-9(7)12(10)17/h2-4,6H,5H2,1H3. The van der Waals surface area contributed by atoms with E-state index in [4.69, 9.17) is 11.6 Å². The Hall–Kier alpha value is -1.68. The Balaban J connectivity index is 2.16. The van der Waals surface area contributed by atoms with Crippen LogP contribution in [-0.2, 0) is 0 Å². The van der Waals surface area contributed by atoms with Gasteiger partial charge in [0.05, 0.1) is 5.56 Å². The maximum absolute atomic E-state index is 12.2. The number of ketones is 2. The molecule has 1 fully saturated rings. The lowest BCUT2D eigenvalue weighted by atomic mass is 9.97. The third-order valence-corrected chi connectivity index (χ3v) is 3.39. The number of allylic oxidation sites excluding steroid dienone is 2. The first-order valence-corrected chi connectivity index (χ1v) is 5.70. The molecule has 0 aromatic carbocycles. The summed E-state index contributed by atoms with van der Waals surface area (Å²) in [6.07, 6.45) is 1.51. The van der Waals surface area contributed by atoms with E-state index in [1.54, 1.807) is 12.1 Å². The quantitative estimate of drug-likeness (QED) is 0.709. The molecule has 1 unspecified atom stereocenters. The van der Waals surface area contributed by atoms with Gasteiger partial charge in [0.15, 0.2) is 0 Å². The second-order valence-electron chi connectivity index (χ2n) is 4.22. The van der Waals surface area contributed by atoms with Crippen LogP contribution in [0, 0.1) is 0 Å². The lowest BCUT2D eigenvalue weighted by Crippen LogP contribution is -2.25. The number of fused-ring (bicyclic) bond motifs is 1. The largest absolute Gasteiger partial charge is 0.360 e. The minimum absolute atomic E-state index is 0.0138. The highest BCUT2D eigenvalue weighted by molar-refractivity contribution is 6.49. The van der Waals surface area contributed by atoms with Crippen LogP contribution in [0.25, 0.3) is 0 Å². The van der Waals surface area contributed by atoms with E-state index in [-0.39, 0.29) is 28.3 Å². The van der Waals surface area contributed by atoms with Crippen LogP contribution in [0.3, 0.4) is 0 Å². The summed E-state index contributed by atoms with van der Waals surface area (Å²) in [6.45, 7) is 2.73. The number of halogens is 1. The molecule has 5 heteroatoms. The summed E-state index contributed by atoms with van der Waals surface area (Å²) in [4.78, 5) is 30.0. The SMILES string of the molecule is CC1CN1C1=C(Cl)C(=O)c2cccnc2C1=O. The normalized spacial score (nSPS) is 22.9. The lowest BCUT2D eigenvalue weighted by Gasteiger charge is -2.17. The van der Waals surface area contributed by atoms with E-state index in [9.17, 15) is 9.59 Å². The molecule has 3 rings (SSSR count). The van der Waals surface area contributed by atoms with Crippen molar-refractivity contribution in [3.63, 3.8) is 0 Å². The van der Waals surface area contributed by atoms with Crippen LogP contribution in [0.15, 0.2) is 29.1 Å². The van der Waals surface area contributed by atoms with Gasteiger partial charge in [-0.15, -0.1) is 0 Å². The Bertz CT molecular complexity index is 580. The van der Waals surface area contributed by atoms with E-state index in [2.05, 4.69) is 4.98 Å². The highest BCUT2D eigenvalue weighted by Gasteiger charge is 2.42. The number of pyridine rings is 1. The number of hydrogen-bond acceptors (Lipinski definition) is 4. The van der Waals surface area contributed by atoms with Crippen molar-refractivity contribution in [3.8, 4) is 0 Å². The average Bonchev–Trinajstić information content (AvgIpc) is 3.04. The van der Waals surface area contributed by atoms with E-state index in [0.29, 0.717) is 11.3 Å².